The Morgan fingerprint density at radius 3 is 2.70 bits per heavy atom. The zero-order chi connectivity index (χ0) is 14.4. The Balaban J connectivity index is 1.89. The summed E-state index contributed by atoms with van der Waals surface area (Å²) in [6.45, 7) is 5.48. The smallest absolute Gasteiger partial charge is 0.0896 e. The van der Waals surface area contributed by atoms with Crippen molar-refractivity contribution in [3.8, 4) is 0 Å². The molecule has 2 N–H and O–H groups in total. The molecule has 1 heterocycles. The highest BCUT2D eigenvalue weighted by atomic mass is 16.5. The second-order valence-corrected chi connectivity index (χ2v) is 6.18. The van der Waals surface area contributed by atoms with Crippen LogP contribution in [0.1, 0.15) is 56.8 Å². The fourth-order valence-electron chi connectivity index (χ4n) is 3.21. The van der Waals surface area contributed by atoms with E-state index >= 15 is 0 Å². The Labute approximate surface area is 122 Å². The number of hydrogen-bond acceptors (Lipinski definition) is 3. The van der Waals surface area contributed by atoms with Crippen LogP contribution >= 0.6 is 0 Å². The number of aromatic nitrogens is 1. The summed E-state index contributed by atoms with van der Waals surface area (Å²) in [4.78, 5) is 4.50. The second-order valence-electron chi connectivity index (χ2n) is 6.18. The summed E-state index contributed by atoms with van der Waals surface area (Å²) in [6, 6.07) is 6.08. The second kappa shape index (κ2) is 7.19. The monoisotopic (exact) mass is 276 g/mol. The van der Waals surface area contributed by atoms with Gasteiger partial charge in [-0.05, 0) is 50.7 Å². The van der Waals surface area contributed by atoms with Crippen LogP contribution in [-0.4, -0.2) is 17.1 Å². The van der Waals surface area contributed by atoms with Crippen LogP contribution in [-0.2, 0) is 11.3 Å². The van der Waals surface area contributed by atoms with Gasteiger partial charge in [0, 0.05) is 12.2 Å². The van der Waals surface area contributed by atoms with Gasteiger partial charge in [-0.2, -0.15) is 0 Å². The third-order valence-electron chi connectivity index (χ3n) is 4.56. The minimum atomic E-state index is -0.115. The van der Waals surface area contributed by atoms with Crippen LogP contribution in [0.15, 0.2) is 18.2 Å². The van der Waals surface area contributed by atoms with Gasteiger partial charge >= 0.3 is 0 Å². The van der Waals surface area contributed by atoms with Gasteiger partial charge in [0.25, 0.3) is 0 Å². The summed E-state index contributed by atoms with van der Waals surface area (Å²) in [5.41, 5.74) is 7.94. The van der Waals surface area contributed by atoms with E-state index in [0.29, 0.717) is 13.2 Å². The average molecular weight is 276 g/mol. The quantitative estimate of drug-likeness (QED) is 0.863. The average Bonchev–Trinajstić information content (AvgIpc) is 2.47. The van der Waals surface area contributed by atoms with Gasteiger partial charge in [-0.15, -0.1) is 0 Å². The van der Waals surface area contributed by atoms with Crippen molar-refractivity contribution in [2.45, 2.75) is 64.6 Å². The van der Waals surface area contributed by atoms with Crippen molar-refractivity contribution in [2.24, 2.45) is 11.7 Å². The molecule has 0 aliphatic heterocycles. The normalized spacial score (nSPS) is 26.6. The summed E-state index contributed by atoms with van der Waals surface area (Å²) in [7, 11) is 0. The highest BCUT2D eigenvalue weighted by Gasteiger charge is 2.34. The molecule has 3 nitrogen and oxygen atoms in total. The fraction of sp³-hybridized carbons (Fsp3) is 0.706. The maximum absolute atomic E-state index is 6.20. The van der Waals surface area contributed by atoms with E-state index in [-0.39, 0.29) is 5.60 Å². The van der Waals surface area contributed by atoms with Crippen molar-refractivity contribution in [1.29, 1.82) is 0 Å². The summed E-state index contributed by atoms with van der Waals surface area (Å²) in [5.74, 6) is 0.875. The number of hydrogen-bond donors (Lipinski definition) is 1. The molecule has 1 aliphatic rings. The molecule has 1 aromatic heterocycles. The van der Waals surface area contributed by atoms with Gasteiger partial charge in [-0.3, -0.25) is 4.98 Å². The third-order valence-corrected chi connectivity index (χ3v) is 4.56. The number of nitrogens with two attached hydrogens (primary N) is 1. The largest absolute Gasteiger partial charge is 0.367 e. The number of rotatable bonds is 6. The van der Waals surface area contributed by atoms with E-state index in [1.807, 2.05) is 25.1 Å². The molecule has 0 radical (unpaired) electrons. The standard InChI is InChI=1S/C17H28N2O/c1-3-5-15-8-10-17(13-18,11-9-15)20-12-16-7-4-6-14(2)19-16/h4,6-7,15H,3,5,8-13,18H2,1-2H3. The van der Waals surface area contributed by atoms with Crippen LogP contribution in [0.5, 0.6) is 0 Å². The molecule has 2 rings (SSSR count). The van der Waals surface area contributed by atoms with Gasteiger partial charge in [0.1, 0.15) is 0 Å². The molecular formula is C17H28N2O. The molecule has 112 valence electrons. The molecular weight excluding hydrogens is 248 g/mol. The maximum Gasteiger partial charge on any atom is 0.0896 e. The van der Waals surface area contributed by atoms with E-state index in [0.717, 1.165) is 30.1 Å². The minimum Gasteiger partial charge on any atom is -0.367 e. The summed E-state index contributed by atoms with van der Waals surface area (Å²) in [6.07, 6.45) is 7.34. The zero-order valence-corrected chi connectivity index (χ0v) is 12.9. The molecule has 3 heteroatoms. The molecule has 0 spiro atoms. The van der Waals surface area contributed by atoms with Crippen molar-refractivity contribution in [3.63, 3.8) is 0 Å². The molecule has 20 heavy (non-hydrogen) atoms. The first kappa shape index (κ1) is 15.5. The van der Waals surface area contributed by atoms with Gasteiger partial charge in [0.05, 0.1) is 17.9 Å². The topological polar surface area (TPSA) is 48.1 Å². The number of pyridine rings is 1. The Bertz CT molecular complexity index is 411. The van der Waals surface area contributed by atoms with Gasteiger partial charge in [-0.25, -0.2) is 0 Å². The van der Waals surface area contributed by atoms with Crippen LogP contribution in [0.3, 0.4) is 0 Å². The molecule has 0 bridgehead atoms. The third kappa shape index (κ3) is 4.03. The SMILES string of the molecule is CCCC1CCC(CN)(OCc2cccc(C)n2)CC1. The zero-order valence-electron chi connectivity index (χ0n) is 12.9. The van der Waals surface area contributed by atoms with E-state index < -0.39 is 0 Å². The Morgan fingerprint density at radius 2 is 2.10 bits per heavy atom. The molecule has 0 unspecified atom stereocenters. The lowest BCUT2D eigenvalue weighted by Crippen LogP contribution is -2.44. The highest BCUT2D eigenvalue weighted by molar-refractivity contribution is 5.09. The van der Waals surface area contributed by atoms with Crippen LogP contribution < -0.4 is 5.73 Å². The van der Waals surface area contributed by atoms with Gasteiger partial charge < -0.3 is 10.5 Å². The number of ether oxygens (including phenoxy) is 1. The molecule has 0 atom stereocenters. The van der Waals surface area contributed by atoms with Crippen molar-refractivity contribution in [2.75, 3.05) is 6.54 Å². The van der Waals surface area contributed by atoms with Crippen LogP contribution in [0.25, 0.3) is 0 Å². The van der Waals surface area contributed by atoms with Crippen molar-refractivity contribution < 1.29 is 4.74 Å². The Morgan fingerprint density at radius 1 is 1.35 bits per heavy atom. The van der Waals surface area contributed by atoms with Crippen molar-refractivity contribution in [3.05, 3.63) is 29.6 Å². The molecule has 0 amide bonds. The molecule has 0 saturated heterocycles. The lowest BCUT2D eigenvalue weighted by molar-refractivity contribution is -0.0826. The van der Waals surface area contributed by atoms with Crippen LogP contribution in [0.2, 0.25) is 0 Å². The maximum atomic E-state index is 6.20. The van der Waals surface area contributed by atoms with Gasteiger partial charge in [0.15, 0.2) is 0 Å². The Hall–Kier alpha value is -0.930. The molecule has 0 aromatic carbocycles. The Kier molecular flexibility index (Phi) is 5.55. The van der Waals surface area contributed by atoms with Gasteiger partial charge in [-0.1, -0.05) is 25.8 Å². The van der Waals surface area contributed by atoms with E-state index in [1.54, 1.807) is 0 Å². The molecule has 1 aliphatic carbocycles. The van der Waals surface area contributed by atoms with E-state index in [4.69, 9.17) is 10.5 Å². The first-order valence-corrected chi connectivity index (χ1v) is 7.94. The van der Waals surface area contributed by atoms with Crippen molar-refractivity contribution >= 4 is 0 Å². The minimum absolute atomic E-state index is 0.115. The lowest BCUT2D eigenvalue weighted by atomic mass is 9.77. The summed E-state index contributed by atoms with van der Waals surface area (Å²) < 4.78 is 6.20. The van der Waals surface area contributed by atoms with E-state index in [2.05, 4.69) is 11.9 Å². The molecule has 1 aromatic rings. The molecule has 1 saturated carbocycles. The van der Waals surface area contributed by atoms with Gasteiger partial charge in [0.2, 0.25) is 0 Å². The first-order chi connectivity index (χ1) is 9.67. The fourth-order valence-corrected chi connectivity index (χ4v) is 3.21. The van der Waals surface area contributed by atoms with Crippen LogP contribution in [0.4, 0.5) is 0 Å². The van der Waals surface area contributed by atoms with E-state index in [9.17, 15) is 0 Å². The first-order valence-electron chi connectivity index (χ1n) is 7.94. The van der Waals surface area contributed by atoms with Crippen LogP contribution in [0, 0.1) is 12.8 Å². The lowest BCUT2D eigenvalue weighted by Gasteiger charge is -2.39. The number of aryl methyl sites for hydroxylation is 1. The van der Waals surface area contributed by atoms with E-state index in [1.165, 1.54) is 25.7 Å². The number of nitrogens with zero attached hydrogens (tertiary/aromatic N) is 1. The highest BCUT2D eigenvalue weighted by Crippen LogP contribution is 2.36. The molecule has 1 fully saturated rings. The summed E-state index contributed by atoms with van der Waals surface area (Å²) >= 11 is 0. The van der Waals surface area contributed by atoms with Crippen molar-refractivity contribution in [1.82, 2.24) is 4.98 Å². The predicted molar refractivity (Wildman–Crippen MR) is 82.4 cm³/mol. The summed E-state index contributed by atoms with van der Waals surface area (Å²) in [5, 5.41) is 0. The predicted octanol–water partition coefficient (Wildman–Crippen LogP) is 3.59.